The van der Waals surface area contributed by atoms with Crippen LogP contribution >= 0.6 is 28.3 Å². The highest BCUT2D eigenvalue weighted by atomic mass is 79.9. The molecule has 4 nitrogen and oxygen atoms in total. The summed E-state index contributed by atoms with van der Waals surface area (Å²) in [6, 6.07) is 4.93. The van der Waals surface area contributed by atoms with Crippen LogP contribution in [0.5, 0.6) is 0 Å². The number of benzene rings is 1. The fraction of sp³-hybridized carbons (Fsp3) is 0.500. The van der Waals surface area contributed by atoms with E-state index in [1.807, 2.05) is 6.07 Å². The summed E-state index contributed by atoms with van der Waals surface area (Å²) in [5.74, 6) is 0.589. The van der Waals surface area contributed by atoms with Crippen LogP contribution in [-0.2, 0) is 0 Å². The second-order valence-electron chi connectivity index (χ2n) is 4.55. The van der Waals surface area contributed by atoms with E-state index in [1.54, 1.807) is 12.1 Å². The molecule has 18 heavy (non-hydrogen) atoms. The maximum absolute atomic E-state index is 10.8. The highest BCUT2D eigenvalue weighted by Crippen LogP contribution is 2.29. The zero-order valence-electron chi connectivity index (χ0n) is 10.4. The van der Waals surface area contributed by atoms with Gasteiger partial charge >= 0.3 is 0 Å². The van der Waals surface area contributed by atoms with Crippen LogP contribution in [0.25, 0.3) is 0 Å². The second-order valence-corrected chi connectivity index (χ2v) is 5.40. The van der Waals surface area contributed by atoms with Gasteiger partial charge < -0.3 is 5.73 Å². The maximum Gasteiger partial charge on any atom is 0.283 e. The Hall–Kier alpha value is -0.650. The van der Waals surface area contributed by atoms with Gasteiger partial charge in [0.15, 0.2) is 0 Å². The van der Waals surface area contributed by atoms with Crippen molar-refractivity contribution in [3.63, 3.8) is 0 Å². The Morgan fingerprint density at radius 1 is 1.39 bits per heavy atom. The topological polar surface area (TPSA) is 69.2 Å². The molecule has 0 radical (unpaired) electrons. The van der Waals surface area contributed by atoms with Gasteiger partial charge in [0.25, 0.3) is 5.69 Å². The van der Waals surface area contributed by atoms with Gasteiger partial charge in [-0.1, -0.05) is 19.9 Å². The van der Waals surface area contributed by atoms with Crippen LogP contribution in [0.2, 0.25) is 0 Å². The minimum Gasteiger partial charge on any atom is -0.324 e. The van der Waals surface area contributed by atoms with E-state index in [4.69, 9.17) is 5.73 Å². The predicted octanol–water partition coefficient (Wildman–Crippen LogP) is 4.22. The smallest absolute Gasteiger partial charge is 0.283 e. The third-order valence-electron chi connectivity index (χ3n) is 2.65. The van der Waals surface area contributed by atoms with E-state index in [9.17, 15) is 10.1 Å². The van der Waals surface area contributed by atoms with Gasteiger partial charge in [-0.15, -0.1) is 12.4 Å². The van der Waals surface area contributed by atoms with Crippen molar-refractivity contribution in [2.75, 3.05) is 0 Å². The minimum atomic E-state index is -0.400. The quantitative estimate of drug-likeness (QED) is 0.646. The van der Waals surface area contributed by atoms with E-state index in [-0.39, 0.29) is 24.1 Å². The zero-order chi connectivity index (χ0) is 13.0. The number of halogens is 2. The first-order valence-electron chi connectivity index (χ1n) is 5.61. The zero-order valence-corrected chi connectivity index (χ0v) is 12.8. The summed E-state index contributed by atoms with van der Waals surface area (Å²) < 4.78 is 0.488. The molecular formula is C12H18BrClN2O2. The molecular weight excluding hydrogens is 320 g/mol. The Morgan fingerprint density at radius 3 is 2.50 bits per heavy atom. The van der Waals surface area contributed by atoms with Gasteiger partial charge in [0.05, 0.1) is 9.40 Å². The van der Waals surface area contributed by atoms with Crippen LogP contribution in [0.3, 0.4) is 0 Å². The van der Waals surface area contributed by atoms with Crippen molar-refractivity contribution in [3.8, 4) is 0 Å². The van der Waals surface area contributed by atoms with Crippen LogP contribution in [0.15, 0.2) is 22.7 Å². The lowest BCUT2D eigenvalue weighted by Gasteiger charge is -2.13. The molecule has 6 heteroatoms. The second kappa shape index (κ2) is 7.71. The molecule has 0 heterocycles. The molecule has 102 valence electrons. The van der Waals surface area contributed by atoms with Gasteiger partial charge in [-0.3, -0.25) is 10.1 Å². The molecule has 0 fully saturated rings. The first kappa shape index (κ1) is 17.4. The highest BCUT2D eigenvalue weighted by molar-refractivity contribution is 9.10. The molecule has 0 saturated heterocycles. The third-order valence-corrected chi connectivity index (χ3v) is 3.32. The number of nitrogens with zero attached hydrogens (tertiary/aromatic N) is 1. The van der Waals surface area contributed by atoms with Crippen LogP contribution in [-0.4, -0.2) is 4.92 Å². The van der Waals surface area contributed by atoms with Crippen LogP contribution in [0.4, 0.5) is 5.69 Å². The van der Waals surface area contributed by atoms with E-state index in [0.29, 0.717) is 10.4 Å². The predicted molar refractivity (Wildman–Crippen MR) is 79.0 cm³/mol. The molecule has 0 aliphatic heterocycles. The summed E-state index contributed by atoms with van der Waals surface area (Å²) in [6.07, 6.45) is 1.86. The lowest BCUT2D eigenvalue weighted by atomic mass is 9.98. The molecule has 2 N–H and O–H groups in total. The van der Waals surface area contributed by atoms with Crippen LogP contribution in [0, 0.1) is 16.0 Å². The van der Waals surface area contributed by atoms with Crippen molar-refractivity contribution < 1.29 is 4.92 Å². The Morgan fingerprint density at radius 2 is 2.00 bits per heavy atom. The van der Waals surface area contributed by atoms with Gasteiger partial charge in [-0.25, -0.2) is 0 Å². The normalized spacial score (nSPS) is 12.1. The first-order chi connectivity index (χ1) is 7.91. The van der Waals surface area contributed by atoms with Crippen LogP contribution in [0.1, 0.15) is 38.3 Å². The van der Waals surface area contributed by atoms with Gasteiger partial charge in [0.2, 0.25) is 0 Å². The summed E-state index contributed by atoms with van der Waals surface area (Å²) in [6.45, 7) is 4.27. The molecule has 0 aliphatic rings. The van der Waals surface area contributed by atoms with E-state index < -0.39 is 4.92 Å². The molecule has 1 aromatic carbocycles. The highest BCUT2D eigenvalue weighted by Gasteiger charge is 2.15. The summed E-state index contributed by atoms with van der Waals surface area (Å²) in [4.78, 5) is 10.4. The number of hydrogen-bond acceptors (Lipinski definition) is 3. The molecule has 0 bridgehead atoms. The largest absolute Gasteiger partial charge is 0.324 e. The average molecular weight is 338 g/mol. The maximum atomic E-state index is 10.8. The average Bonchev–Trinajstić information content (AvgIpc) is 2.26. The molecule has 0 aliphatic carbocycles. The van der Waals surface area contributed by atoms with E-state index in [2.05, 4.69) is 29.8 Å². The molecule has 0 spiro atoms. The monoisotopic (exact) mass is 336 g/mol. The van der Waals surface area contributed by atoms with Crippen LogP contribution < -0.4 is 5.73 Å². The van der Waals surface area contributed by atoms with Crippen molar-refractivity contribution in [1.82, 2.24) is 0 Å². The van der Waals surface area contributed by atoms with E-state index in [1.165, 1.54) is 0 Å². The van der Waals surface area contributed by atoms with Gasteiger partial charge in [-0.05, 0) is 46.3 Å². The standard InChI is InChI=1S/C12H17BrN2O2.ClH/c1-8(2)3-6-11(14)9-4-5-10(13)12(7-9)15(16)17;/h4-5,7-8,11H,3,6,14H2,1-2H3;1H/t11-;/m1./s1. The molecule has 0 amide bonds. The summed E-state index contributed by atoms with van der Waals surface area (Å²) in [7, 11) is 0. The number of nitro benzene ring substituents is 1. The Labute approximate surface area is 122 Å². The van der Waals surface area contributed by atoms with Crippen molar-refractivity contribution in [3.05, 3.63) is 38.3 Å². The number of nitro groups is 1. The SMILES string of the molecule is CC(C)CC[C@@H](N)c1ccc(Br)c([N+](=O)[O-])c1.Cl. The van der Waals surface area contributed by atoms with Crippen molar-refractivity contribution in [2.24, 2.45) is 11.7 Å². The Balaban J connectivity index is 0.00000289. The van der Waals surface area contributed by atoms with Crippen molar-refractivity contribution in [2.45, 2.75) is 32.7 Å². The Kier molecular flexibility index (Phi) is 7.43. The third kappa shape index (κ3) is 4.92. The number of rotatable bonds is 5. The van der Waals surface area contributed by atoms with Crippen molar-refractivity contribution in [1.29, 1.82) is 0 Å². The molecule has 0 saturated carbocycles. The van der Waals surface area contributed by atoms with Crippen molar-refractivity contribution >= 4 is 34.0 Å². The molecule has 1 atom stereocenters. The van der Waals surface area contributed by atoms with Gasteiger partial charge in [-0.2, -0.15) is 0 Å². The summed E-state index contributed by atoms with van der Waals surface area (Å²) in [5.41, 5.74) is 6.92. The minimum absolute atomic E-state index is 0. The summed E-state index contributed by atoms with van der Waals surface area (Å²) in [5, 5.41) is 10.8. The molecule has 1 rings (SSSR count). The fourth-order valence-corrected chi connectivity index (χ4v) is 1.97. The summed E-state index contributed by atoms with van der Waals surface area (Å²) >= 11 is 3.16. The molecule has 0 aromatic heterocycles. The number of nitrogens with two attached hydrogens (primary N) is 1. The first-order valence-corrected chi connectivity index (χ1v) is 6.40. The molecule has 1 aromatic rings. The molecule has 0 unspecified atom stereocenters. The van der Waals surface area contributed by atoms with Gasteiger partial charge in [0.1, 0.15) is 0 Å². The fourth-order valence-electron chi connectivity index (χ4n) is 1.58. The number of hydrogen-bond donors (Lipinski definition) is 1. The van der Waals surface area contributed by atoms with Gasteiger partial charge in [0, 0.05) is 12.1 Å². The lowest BCUT2D eigenvalue weighted by molar-refractivity contribution is -0.385. The lowest BCUT2D eigenvalue weighted by Crippen LogP contribution is -2.11. The van der Waals surface area contributed by atoms with E-state index >= 15 is 0 Å². The van der Waals surface area contributed by atoms with E-state index in [0.717, 1.165) is 18.4 Å². The Bertz CT molecular complexity index is 413.